The molecule has 0 spiro atoms. The summed E-state index contributed by atoms with van der Waals surface area (Å²) in [6.45, 7) is 21.9. The Kier molecular flexibility index (Phi) is 14.4. The lowest BCUT2D eigenvalue weighted by molar-refractivity contribution is 0.720. The lowest BCUT2D eigenvalue weighted by atomic mass is 10.3. The van der Waals surface area contributed by atoms with E-state index in [0.29, 0.717) is 21.0 Å². The molecule has 0 bridgehead atoms. The largest absolute Gasteiger partial charge is 0.150 e. The minimum atomic E-state index is -2.73. The highest BCUT2D eigenvalue weighted by Crippen LogP contribution is 3.25. The SMILES string of the molecule is CCCCSS(SCC)(SCCC)(SC(C)C)(SC(C)CC)C(SC)C(C)C. The molecule has 0 aromatic carbocycles. The van der Waals surface area contributed by atoms with Crippen molar-refractivity contribution in [2.24, 2.45) is 5.92 Å². The van der Waals surface area contributed by atoms with Gasteiger partial charge in [-0.3, -0.25) is 0 Å². The molecule has 174 valence electrons. The van der Waals surface area contributed by atoms with Crippen LogP contribution in [0.2, 0.25) is 0 Å². The fourth-order valence-corrected chi connectivity index (χ4v) is 58.0. The topological polar surface area (TPSA) is 0 Å². The maximum absolute atomic E-state index is 2.73. The van der Waals surface area contributed by atoms with Crippen LogP contribution in [-0.2, 0) is 0 Å². The summed E-state index contributed by atoms with van der Waals surface area (Å²) < 4.78 is -2.05. The molecule has 0 fully saturated rings. The molecule has 2 unspecified atom stereocenters. The standard InChI is InChI=1S/C21H48S7/c1-11-15-17-25-28(23-14-4,24-16-12-2,26-19(7)8,27-20(9)13-3)21(22-10)18(5)6/h18-21H,11-17H2,1-10H3. The molecule has 0 heterocycles. The van der Waals surface area contributed by atoms with E-state index in [2.05, 4.69) is 134 Å². The molecule has 0 aromatic heterocycles. The Balaban J connectivity index is 7.11. The molecule has 0 radical (unpaired) electrons. The van der Waals surface area contributed by atoms with Gasteiger partial charge in [-0.1, -0.05) is 126 Å². The van der Waals surface area contributed by atoms with Gasteiger partial charge < -0.3 is 0 Å². The van der Waals surface area contributed by atoms with E-state index in [1.54, 1.807) is 0 Å². The van der Waals surface area contributed by atoms with Crippen LogP contribution >= 0.6 is 69.2 Å². The molecule has 2 atom stereocenters. The van der Waals surface area contributed by atoms with Crippen molar-refractivity contribution in [2.45, 2.75) is 103 Å². The highest BCUT2D eigenvalue weighted by molar-refractivity contribution is 9.98. The van der Waals surface area contributed by atoms with Crippen molar-refractivity contribution in [3.8, 4) is 0 Å². The van der Waals surface area contributed by atoms with Crippen LogP contribution < -0.4 is 0 Å². The number of unbranched alkanes of at least 4 members (excludes halogenated alkanes) is 1. The van der Waals surface area contributed by atoms with E-state index in [-0.39, 0.29) is 0 Å². The molecule has 0 saturated carbocycles. The van der Waals surface area contributed by atoms with Crippen LogP contribution in [0.3, 0.4) is 0 Å². The van der Waals surface area contributed by atoms with E-state index in [1.165, 1.54) is 42.9 Å². The van der Waals surface area contributed by atoms with E-state index < -0.39 is 3.45 Å². The zero-order chi connectivity index (χ0) is 21.9. The van der Waals surface area contributed by atoms with Gasteiger partial charge in [0.25, 0.3) is 0 Å². The summed E-state index contributed by atoms with van der Waals surface area (Å²) in [5.74, 6) is 4.47. The summed E-state index contributed by atoms with van der Waals surface area (Å²) in [6, 6.07) is 0. The van der Waals surface area contributed by atoms with E-state index in [9.17, 15) is 0 Å². The maximum Gasteiger partial charge on any atom is 0.0624 e. The smallest absolute Gasteiger partial charge is 0.0624 e. The average Bonchev–Trinajstić information content (AvgIpc) is 2.60. The summed E-state index contributed by atoms with van der Waals surface area (Å²) >= 11 is 2.17. The third kappa shape index (κ3) is 6.97. The monoisotopic (exact) mass is 524 g/mol. The number of rotatable bonds is 17. The van der Waals surface area contributed by atoms with Crippen molar-refractivity contribution >= 4 is 69.2 Å². The minimum absolute atomic E-state index is 0.643. The Morgan fingerprint density at radius 3 is 1.75 bits per heavy atom. The predicted octanol–water partition coefficient (Wildman–Crippen LogP) is 10.9. The molecule has 0 nitrogen and oxygen atoms in total. The molecule has 0 aliphatic rings. The average molecular weight is 525 g/mol. The Morgan fingerprint density at radius 2 is 1.36 bits per heavy atom. The van der Waals surface area contributed by atoms with Crippen LogP contribution in [0.25, 0.3) is 0 Å². The van der Waals surface area contributed by atoms with Gasteiger partial charge in [0.15, 0.2) is 0 Å². The molecule has 7 heteroatoms. The first-order valence-corrected chi connectivity index (χ1v) is 22.1. The zero-order valence-electron chi connectivity index (χ0n) is 20.1. The van der Waals surface area contributed by atoms with Crippen molar-refractivity contribution in [3.63, 3.8) is 0 Å². The molecule has 28 heavy (non-hydrogen) atoms. The summed E-state index contributed by atoms with van der Waals surface area (Å²) in [4.78, 5) is 0. The van der Waals surface area contributed by atoms with E-state index in [0.717, 1.165) is 0 Å². The van der Waals surface area contributed by atoms with Gasteiger partial charge in [0, 0.05) is 27.8 Å². The van der Waals surface area contributed by atoms with Gasteiger partial charge in [-0.25, -0.2) is 0 Å². The molecular formula is C21H48S7. The Morgan fingerprint density at radius 1 is 0.750 bits per heavy atom. The third-order valence-corrected chi connectivity index (χ3v) is 45.7. The van der Waals surface area contributed by atoms with Crippen LogP contribution in [0.15, 0.2) is 0 Å². The van der Waals surface area contributed by atoms with E-state index in [1.807, 2.05) is 0 Å². The number of thioether (sulfide) groups is 1. The van der Waals surface area contributed by atoms with Crippen LogP contribution in [0, 0.1) is 5.92 Å². The van der Waals surface area contributed by atoms with Crippen molar-refractivity contribution < 1.29 is 0 Å². The number of hydrogen-bond acceptors (Lipinski definition) is 6. The normalized spacial score (nSPS) is 17.6. The van der Waals surface area contributed by atoms with E-state index >= 15 is 0 Å². The van der Waals surface area contributed by atoms with Gasteiger partial charge in [0.05, 0.1) is 4.58 Å². The van der Waals surface area contributed by atoms with Crippen molar-refractivity contribution in [3.05, 3.63) is 0 Å². The summed E-state index contributed by atoms with van der Waals surface area (Å²) in [5, 5.41) is 1.34. The fraction of sp³-hybridized carbons (Fsp3) is 1.00. The second kappa shape index (κ2) is 13.2. The van der Waals surface area contributed by atoms with Crippen molar-refractivity contribution in [1.29, 1.82) is 0 Å². The van der Waals surface area contributed by atoms with Crippen LogP contribution in [-0.4, -0.2) is 38.6 Å². The maximum atomic E-state index is 2.49. The first-order valence-electron chi connectivity index (χ1n) is 11.0. The van der Waals surface area contributed by atoms with E-state index in [4.69, 9.17) is 0 Å². The molecular weight excluding hydrogens is 477 g/mol. The third-order valence-electron chi connectivity index (χ3n) is 4.38. The highest BCUT2D eigenvalue weighted by atomic mass is 34.4. The zero-order valence-corrected chi connectivity index (χ0v) is 25.8. The first-order chi connectivity index (χ1) is 13.1. The predicted molar refractivity (Wildman–Crippen MR) is 158 cm³/mol. The summed E-state index contributed by atoms with van der Waals surface area (Å²) in [6.07, 6.45) is 7.55. The van der Waals surface area contributed by atoms with Crippen molar-refractivity contribution in [2.75, 3.05) is 23.5 Å². The van der Waals surface area contributed by atoms with Crippen LogP contribution in [0.1, 0.15) is 88.0 Å². The molecule has 0 saturated heterocycles. The van der Waals surface area contributed by atoms with Gasteiger partial charge in [-0.05, 0) is 31.4 Å². The van der Waals surface area contributed by atoms with Gasteiger partial charge in [-0.15, -0.1) is 11.8 Å². The number of hydrogen-bond donors (Lipinski definition) is 0. The lowest BCUT2D eigenvalue weighted by Crippen LogP contribution is -2.36. The minimum Gasteiger partial charge on any atom is -0.150 e. The second-order valence-electron chi connectivity index (χ2n) is 7.87. The van der Waals surface area contributed by atoms with Gasteiger partial charge in [0.2, 0.25) is 0 Å². The van der Waals surface area contributed by atoms with Gasteiger partial charge in [-0.2, -0.15) is 0 Å². The Hall–Kier alpha value is 2.45. The Bertz CT molecular complexity index is 444. The molecule has 0 aliphatic heterocycles. The van der Waals surface area contributed by atoms with Gasteiger partial charge >= 0.3 is 0 Å². The highest BCUT2D eigenvalue weighted by Gasteiger charge is 2.69. The molecule has 0 amide bonds. The lowest BCUT2D eigenvalue weighted by Gasteiger charge is -2.80. The molecule has 0 aliphatic carbocycles. The van der Waals surface area contributed by atoms with Crippen LogP contribution in [0.5, 0.6) is 0 Å². The van der Waals surface area contributed by atoms with Gasteiger partial charge in [0.1, 0.15) is 0 Å². The molecule has 0 N–H and O–H groups in total. The quantitative estimate of drug-likeness (QED) is 0.136. The second-order valence-corrected chi connectivity index (χ2v) is 38.7. The summed E-state index contributed by atoms with van der Waals surface area (Å²) in [7, 11) is 12.1. The molecule has 0 aromatic rings. The summed E-state index contributed by atoms with van der Waals surface area (Å²) in [5.41, 5.74) is 0. The van der Waals surface area contributed by atoms with Crippen molar-refractivity contribution in [1.82, 2.24) is 0 Å². The Labute approximate surface area is 200 Å². The first kappa shape index (κ1) is 30.4. The fourth-order valence-electron chi connectivity index (χ4n) is 3.40. The molecule has 0 rings (SSSR count). The van der Waals surface area contributed by atoms with Crippen LogP contribution in [0.4, 0.5) is 0 Å².